The summed E-state index contributed by atoms with van der Waals surface area (Å²) in [6, 6.07) is 5.74. The number of sulfonamides is 1. The highest BCUT2D eigenvalue weighted by molar-refractivity contribution is 7.92. The van der Waals surface area contributed by atoms with E-state index in [4.69, 9.17) is 0 Å². The van der Waals surface area contributed by atoms with Crippen LogP contribution in [0.2, 0.25) is 0 Å². The number of anilines is 1. The molecule has 8 heteroatoms. The number of hydrogen-bond acceptors (Lipinski definition) is 4. The molecule has 0 bridgehead atoms. The number of rotatable bonds is 10. The van der Waals surface area contributed by atoms with E-state index in [0.29, 0.717) is 13.0 Å². The number of para-hydroxylation sites is 1. The van der Waals surface area contributed by atoms with E-state index in [1.807, 2.05) is 0 Å². The molecule has 26 heavy (non-hydrogen) atoms. The smallest absolute Gasteiger partial charge is 0.232 e. The molecule has 1 amide bonds. The summed E-state index contributed by atoms with van der Waals surface area (Å²) in [6.45, 7) is 3.98. The van der Waals surface area contributed by atoms with Crippen molar-refractivity contribution in [2.45, 2.75) is 32.1 Å². The van der Waals surface area contributed by atoms with Gasteiger partial charge in [0.2, 0.25) is 15.9 Å². The number of nitrogens with zero attached hydrogens (tertiary/aromatic N) is 2. The van der Waals surface area contributed by atoms with Crippen LogP contribution in [0.5, 0.6) is 0 Å². The second-order valence-corrected chi connectivity index (χ2v) is 8.55. The number of likely N-dealkylation sites (tertiary alicyclic amines) is 1. The van der Waals surface area contributed by atoms with Crippen LogP contribution in [0, 0.1) is 5.82 Å². The third-order valence-electron chi connectivity index (χ3n) is 4.46. The maximum absolute atomic E-state index is 13.9. The topological polar surface area (TPSA) is 69.7 Å². The lowest BCUT2D eigenvalue weighted by Gasteiger charge is -2.22. The van der Waals surface area contributed by atoms with Gasteiger partial charge in [0.1, 0.15) is 5.82 Å². The van der Waals surface area contributed by atoms with Crippen LogP contribution in [0.4, 0.5) is 10.1 Å². The second-order valence-electron chi connectivity index (χ2n) is 6.64. The van der Waals surface area contributed by atoms with Crippen molar-refractivity contribution >= 4 is 21.6 Å². The zero-order chi connectivity index (χ0) is 19.0. The Kier molecular flexibility index (Phi) is 7.84. The molecular formula is C18H28FN3O3S. The van der Waals surface area contributed by atoms with Gasteiger partial charge in [-0.2, -0.15) is 0 Å². The minimum absolute atomic E-state index is 0.0148. The molecule has 2 rings (SSSR count). The summed E-state index contributed by atoms with van der Waals surface area (Å²) in [5.74, 6) is -0.697. The van der Waals surface area contributed by atoms with Crippen molar-refractivity contribution in [3.8, 4) is 0 Å². The van der Waals surface area contributed by atoms with E-state index in [1.165, 1.54) is 31.0 Å². The van der Waals surface area contributed by atoms with Crippen LogP contribution in [-0.4, -0.2) is 58.2 Å². The van der Waals surface area contributed by atoms with Crippen LogP contribution < -0.4 is 9.62 Å². The summed E-state index contributed by atoms with van der Waals surface area (Å²) >= 11 is 0. The molecule has 0 saturated carbocycles. The fraction of sp³-hybridized carbons (Fsp3) is 0.611. The zero-order valence-corrected chi connectivity index (χ0v) is 16.1. The van der Waals surface area contributed by atoms with Crippen LogP contribution in [0.25, 0.3) is 0 Å². The first-order chi connectivity index (χ1) is 12.4. The number of halogens is 1. The first-order valence-electron chi connectivity index (χ1n) is 9.09. The summed E-state index contributed by atoms with van der Waals surface area (Å²) in [6.07, 6.45) is 5.01. The van der Waals surface area contributed by atoms with Gasteiger partial charge in [0.25, 0.3) is 0 Å². The summed E-state index contributed by atoms with van der Waals surface area (Å²) < 4.78 is 38.8. The monoisotopic (exact) mass is 385 g/mol. The summed E-state index contributed by atoms with van der Waals surface area (Å²) in [5.41, 5.74) is 0.0148. The summed E-state index contributed by atoms with van der Waals surface area (Å²) in [7, 11) is -3.61. The Balaban J connectivity index is 1.73. The Morgan fingerprint density at radius 3 is 2.58 bits per heavy atom. The zero-order valence-electron chi connectivity index (χ0n) is 15.3. The van der Waals surface area contributed by atoms with Gasteiger partial charge in [-0.25, -0.2) is 12.8 Å². The van der Waals surface area contributed by atoms with Crippen molar-refractivity contribution < 1.29 is 17.6 Å². The van der Waals surface area contributed by atoms with Gasteiger partial charge in [-0.15, -0.1) is 0 Å². The van der Waals surface area contributed by atoms with E-state index in [1.54, 1.807) is 6.07 Å². The van der Waals surface area contributed by atoms with Gasteiger partial charge in [0, 0.05) is 19.5 Å². The van der Waals surface area contributed by atoms with Crippen LogP contribution in [-0.2, 0) is 14.8 Å². The minimum atomic E-state index is -3.61. The quantitative estimate of drug-likeness (QED) is 0.625. The molecule has 1 aromatic rings. The van der Waals surface area contributed by atoms with E-state index in [-0.39, 0.29) is 24.6 Å². The molecule has 1 fully saturated rings. The number of benzene rings is 1. The average molecular weight is 386 g/mol. The summed E-state index contributed by atoms with van der Waals surface area (Å²) in [5, 5.41) is 2.86. The Morgan fingerprint density at radius 1 is 1.23 bits per heavy atom. The first-order valence-corrected chi connectivity index (χ1v) is 10.9. The second kappa shape index (κ2) is 9.87. The number of nitrogens with one attached hydrogen (secondary N) is 1. The normalized spacial score (nSPS) is 15.2. The van der Waals surface area contributed by atoms with Crippen LogP contribution in [0.1, 0.15) is 32.1 Å². The third kappa shape index (κ3) is 6.57. The molecule has 146 valence electrons. The maximum atomic E-state index is 13.9. The maximum Gasteiger partial charge on any atom is 0.232 e. The largest absolute Gasteiger partial charge is 0.356 e. The van der Waals surface area contributed by atoms with Crippen molar-refractivity contribution in [3.05, 3.63) is 30.1 Å². The van der Waals surface area contributed by atoms with Gasteiger partial charge in [0.05, 0.1) is 11.9 Å². The Hall–Kier alpha value is -1.67. The Morgan fingerprint density at radius 2 is 1.92 bits per heavy atom. The molecule has 1 aliphatic rings. The molecule has 1 aliphatic heterocycles. The lowest BCUT2D eigenvalue weighted by atomic mass is 10.2. The van der Waals surface area contributed by atoms with Crippen LogP contribution in [0.3, 0.4) is 0 Å². The van der Waals surface area contributed by atoms with Crippen molar-refractivity contribution in [1.82, 2.24) is 10.2 Å². The van der Waals surface area contributed by atoms with Crippen LogP contribution >= 0.6 is 0 Å². The predicted molar refractivity (Wildman–Crippen MR) is 101 cm³/mol. The van der Waals surface area contributed by atoms with Crippen molar-refractivity contribution in [3.63, 3.8) is 0 Å². The molecule has 0 aliphatic carbocycles. The minimum Gasteiger partial charge on any atom is -0.356 e. The van der Waals surface area contributed by atoms with Gasteiger partial charge in [-0.05, 0) is 57.5 Å². The lowest BCUT2D eigenvalue weighted by Crippen LogP contribution is -2.33. The highest BCUT2D eigenvalue weighted by atomic mass is 32.2. The standard InChI is InChI=1S/C18H28FN3O3S/c1-26(24,25)22(17-9-3-2-8-16(17)19)15-6-10-18(23)20-11-7-14-21-12-4-5-13-21/h2-3,8-9H,4-7,10-15H2,1H3,(H,20,23). The van der Waals surface area contributed by atoms with Gasteiger partial charge < -0.3 is 10.2 Å². The molecule has 0 aromatic heterocycles. The molecule has 6 nitrogen and oxygen atoms in total. The highest BCUT2D eigenvalue weighted by Gasteiger charge is 2.20. The summed E-state index contributed by atoms with van der Waals surface area (Å²) in [4.78, 5) is 14.3. The number of hydrogen-bond donors (Lipinski definition) is 1. The molecule has 0 radical (unpaired) electrons. The van der Waals surface area contributed by atoms with Crippen molar-refractivity contribution in [1.29, 1.82) is 0 Å². The van der Waals surface area contributed by atoms with E-state index in [2.05, 4.69) is 10.2 Å². The van der Waals surface area contributed by atoms with E-state index < -0.39 is 15.8 Å². The Labute approximate surface area is 155 Å². The van der Waals surface area contributed by atoms with E-state index in [9.17, 15) is 17.6 Å². The predicted octanol–water partition coefficient (Wildman–Crippen LogP) is 1.97. The average Bonchev–Trinajstić information content (AvgIpc) is 3.09. The Bertz CT molecular complexity index is 691. The van der Waals surface area contributed by atoms with Gasteiger partial charge in [-0.1, -0.05) is 12.1 Å². The fourth-order valence-corrected chi connectivity index (χ4v) is 4.09. The van der Waals surface area contributed by atoms with Gasteiger partial charge in [0.15, 0.2) is 0 Å². The molecule has 0 unspecified atom stereocenters. The molecule has 1 N–H and O–H groups in total. The number of carbonyl (C=O) groups is 1. The number of amides is 1. The molecule has 0 atom stereocenters. The lowest BCUT2D eigenvalue weighted by molar-refractivity contribution is -0.121. The van der Waals surface area contributed by atoms with Crippen molar-refractivity contribution in [2.75, 3.05) is 43.3 Å². The van der Waals surface area contributed by atoms with Crippen molar-refractivity contribution in [2.24, 2.45) is 0 Å². The van der Waals surface area contributed by atoms with Crippen LogP contribution in [0.15, 0.2) is 24.3 Å². The van der Waals surface area contributed by atoms with E-state index in [0.717, 1.165) is 36.6 Å². The highest BCUT2D eigenvalue weighted by Crippen LogP contribution is 2.21. The molecule has 1 aromatic carbocycles. The third-order valence-corrected chi connectivity index (χ3v) is 5.64. The van der Waals surface area contributed by atoms with E-state index >= 15 is 0 Å². The van der Waals surface area contributed by atoms with Gasteiger partial charge in [-0.3, -0.25) is 9.10 Å². The first kappa shape index (κ1) is 20.6. The molecule has 1 saturated heterocycles. The van der Waals surface area contributed by atoms with Gasteiger partial charge >= 0.3 is 0 Å². The molecule has 1 heterocycles. The molecular weight excluding hydrogens is 357 g/mol. The molecule has 0 spiro atoms. The number of carbonyl (C=O) groups excluding carboxylic acids is 1. The SMILES string of the molecule is CS(=O)(=O)N(CCCC(=O)NCCCN1CCCC1)c1ccccc1F. The fourth-order valence-electron chi connectivity index (χ4n) is 3.13.